The normalized spacial score (nSPS) is 37.2. The summed E-state index contributed by atoms with van der Waals surface area (Å²) in [4.78, 5) is 10.7. The maximum Gasteiger partial charge on any atom is 0.341 e. The van der Waals surface area contributed by atoms with Crippen molar-refractivity contribution in [1.82, 2.24) is 0 Å². The minimum absolute atomic E-state index is 0.114. The quantitative estimate of drug-likeness (QED) is 0.892. The first-order chi connectivity index (χ1) is 11.5. The first kappa shape index (κ1) is 15.9. The second-order valence-electron chi connectivity index (χ2n) is 8.10. The Morgan fingerprint density at radius 3 is 2.92 bits per heavy atom. The maximum atomic E-state index is 10.7. The van der Waals surface area contributed by atoms with Crippen LogP contribution in [-0.4, -0.2) is 28.9 Å². The molecule has 1 aromatic carbocycles. The summed E-state index contributed by atoms with van der Waals surface area (Å²) in [5, 5.41) is 19.2. The zero-order valence-electron chi connectivity index (χ0n) is 14.2. The van der Waals surface area contributed by atoms with Gasteiger partial charge in [-0.1, -0.05) is 13.0 Å². The number of carbonyl (C=O) groups is 1. The van der Waals surface area contributed by atoms with Gasteiger partial charge < -0.3 is 14.9 Å². The van der Waals surface area contributed by atoms with E-state index in [2.05, 4.69) is 13.0 Å². The molecule has 0 radical (unpaired) electrons. The van der Waals surface area contributed by atoms with Crippen LogP contribution >= 0.6 is 0 Å². The largest absolute Gasteiger partial charge is 0.482 e. The highest BCUT2D eigenvalue weighted by Crippen LogP contribution is 2.60. The van der Waals surface area contributed by atoms with Crippen LogP contribution in [0.3, 0.4) is 0 Å². The molecule has 0 spiro atoms. The van der Waals surface area contributed by atoms with Crippen molar-refractivity contribution < 1.29 is 19.7 Å². The predicted molar refractivity (Wildman–Crippen MR) is 90.2 cm³/mol. The number of aliphatic hydroxyl groups excluding tert-OH is 1. The highest BCUT2D eigenvalue weighted by molar-refractivity contribution is 5.68. The number of fused-ring (bicyclic) bond motifs is 5. The molecule has 3 aliphatic rings. The zero-order valence-corrected chi connectivity index (χ0v) is 14.2. The first-order valence-corrected chi connectivity index (χ1v) is 9.14. The summed E-state index contributed by atoms with van der Waals surface area (Å²) in [5.74, 6) is 1.62. The predicted octanol–water partition coefficient (Wildman–Crippen LogP) is 3.37. The third-order valence-electron chi connectivity index (χ3n) is 7.01. The molecule has 2 fully saturated rings. The molecule has 3 aliphatic carbocycles. The molecule has 24 heavy (non-hydrogen) atoms. The molecule has 0 aromatic heterocycles. The van der Waals surface area contributed by atoms with Gasteiger partial charge in [-0.05, 0) is 85.0 Å². The Hall–Kier alpha value is -1.55. The third-order valence-corrected chi connectivity index (χ3v) is 7.01. The second-order valence-corrected chi connectivity index (χ2v) is 8.10. The molecule has 5 atom stereocenters. The fraction of sp³-hybridized carbons (Fsp3) is 0.650. The number of rotatable bonds is 3. The Balaban J connectivity index is 1.58. The van der Waals surface area contributed by atoms with Crippen LogP contribution < -0.4 is 4.74 Å². The van der Waals surface area contributed by atoms with Gasteiger partial charge in [0.05, 0.1) is 6.10 Å². The van der Waals surface area contributed by atoms with Crippen LogP contribution in [-0.2, 0) is 11.2 Å². The Labute approximate surface area is 142 Å². The number of benzene rings is 1. The standard InChI is InChI=1S/C20H26O4/c1-20-9-8-15-14-5-3-13(24-11-19(22)23)10-12(14)2-4-16(15)17(20)6-7-18(20)21/h3,5,10,15-18,21H,2,4,6-9,11H2,1H3,(H,22,23)/t15-,16-,17+,18-,20+/m1/s1. The number of carboxylic acid groups (broad SMARTS) is 1. The number of ether oxygens (including phenoxy) is 1. The molecule has 0 unspecified atom stereocenters. The molecule has 4 nitrogen and oxygen atoms in total. The number of aryl methyl sites for hydroxylation is 1. The van der Waals surface area contributed by atoms with Gasteiger partial charge in [-0.15, -0.1) is 0 Å². The smallest absolute Gasteiger partial charge is 0.341 e. The van der Waals surface area contributed by atoms with E-state index in [1.54, 1.807) is 0 Å². The van der Waals surface area contributed by atoms with Gasteiger partial charge in [0.25, 0.3) is 0 Å². The van der Waals surface area contributed by atoms with Crippen molar-refractivity contribution in [2.75, 3.05) is 6.61 Å². The van der Waals surface area contributed by atoms with E-state index in [9.17, 15) is 9.90 Å². The molecule has 4 rings (SSSR count). The van der Waals surface area contributed by atoms with E-state index < -0.39 is 5.97 Å². The fourth-order valence-corrected chi connectivity index (χ4v) is 5.77. The average molecular weight is 330 g/mol. The fourth-order valence-electron chi connectivity index (χ4n) is 5.77. The van der Waals surface area contributed by atoms with Gasteiger partial charge in [-0.2, -0.15) is 0 Å². The van der Waals surface area contributed by atoms with E-state index in [1.165, 1.54) is 17.5 Å². The van der Waals surface area contributed by atoms with Gasteiger partial charge in [0, 0.05) is 0 Å². The average Bonchev–Trinajstić information content (AvgIpc) is 2.88. The lowest BCUT2D eigenvalue weighted by Gasteiger charge is -2.50. The zero-order chi connectivity index (χ0) is 16.9. The summed E-state index contributed by atoms with van der Waals surface area (Å²) >= 11 is 0. The topological polar surface area (TPSA) is 66.8 Å². The Morgan fingerprint density at radius 2 is 2.12 bits per heavy atom. The van der Waals surface area contributed by atoms with Crippen LogP contribution in [0.2, 0.25) is 0 Å². The summed E-state index contributed by atoms with van der Waals surface area (Å²) in [6, 6.07) is 6.10. The Kier molecular flexibility index (Phi) is 3.83. The van der Waals surface area contributed by atoms with Crippen LogP contribution in [0.4, 0.5) is 0 Å². The number of aliphatic carboxylic acids is 1. The van der Waals surface area contributed by atoms with Crippen molar-refractivity contribution in [3.05, 3.63) is 29.3 Å². The van der Waals surface area contributed by atoms with Crippen molar-refractivity contribution in [3.8, 4) is 5.75 Å². The highest BCUT2D eigenvalue weighted by atomic mass is 16.5. The molecule has 130 valence electrons. The number of aliphatic hydroxyl groups is 1. The van der Waals surface area contributed by atoms with E-state index in [-0.39, 0.29) is 18.1 Å². The molecule has 1 aromatic rings. The molecular formula is C20H26O4. The van der Waals surface area contributed by atoms with Gasteiger partial charge >= 0.3 is 5.97 Å². The summed E-state index contributed by atoms with van der Waals surface area (Å²) in [6.45, 7) is 2.01. The second kappa shape index (κ2) is 5.76. The van der Waals surface area contributed by atoms with Gasteiger partial charge in [-0.25, -0.2) is 4.79 Å². The lowest BCUT2D eigenvalue weighted by atomic mass is 9.55. The van der Waals surface area contributed by atoms with Crippen molar-refractivity contribution >= 4 is 5.97 Å². The van der Waals surface area contributed by atoms with E-state index in [0.717, 1.165) is 32.1 Å². The van der Waals surface area contributed by atoms with Crippen LogP contribution in [0.25, 0.3) is 0 Å². The molecule has 0 aliphatic heterocycles. The lowest BCUT2D eigenvalue weighted by molar-refractivity contribution is -0.139. The molecule has 0 saturated heterocycles. The summed E-state index contributed by atoms with van der Waals surface area (Å²) in [5.41, 5.74) is 2.86. The molecule has 0 bridgehead atoms. The third kappa shape index (κ3) is 2.43. The molecule has 2 saturated carbocycles. The Bertz CT molecular complexity index is 655. The van der Waals surface area contributed by atoms with Gasteiger partial charge in [-0.3, -0.25) is 0 Å². The molecular weight excluding hydrogens is 304 g/mol. The molecule has 0 amide bonds. The van der Waals surface area contributed by atoms with Crippen molar-refractivity contribution in [2.45, 2.75) is 57.5 Å². The van der Waals surface area contributed by atoms with Crippen LogP contribution in [0.5, 0.6) is 5.75 Å². The van der Waals surface area contributed by atoms with Gasteiger partial charge in [0.2, 0.25) is 0 Å². The van der Waals surface area contributed by atoms with Gasteiger partial charge in [0.1, 0.15) is 5.75 Å². The minimum atomic E-state index is -0.945. The molecule has 0 heterocycles. The molecule has 2 N–H and O–H groups in total. The van der Waals surface area contributed by atoms with E-state index in [1.807, 2.05) is 12.1 Å². The van der Waals surface area contributed by atoms with Crippen molar-refractivity contribution in [3.63, 3.8) is 0 Å². The Morgan fingerprint density at radius 1 is 1.29 bits per heavy atom. The van der Waals surface area contributed by atoms with Crippen molar-refractivity contribution in [1.29, 1.82) is 0 Å². The van der Waals surface area contributed by atoms with Gasteiger partial charge in [0.15, 0.2) is 6.61 Å². The first-order valence-electron chi connectivity index (χ1n) is 9.14. The van der Waals surface area contributed by atoms with E-state index in [4.69, 9.17) is 9.84 Å². The number of carboxylic acids is 1. The van der Waals surface area contributed by atoms with E-state index >= 15 is 0 Å². The number of hydrogen-bond donors (Lipinski definition) is 2. The number of hydrogen-bond acceptors (Lipinski definition) is 3. The van der Waals surface area contributed by atoms with Crippen LogP contribution in [0.1, 0.15) is 56.1 Å². The summed E-state index contributed by atoms with van der Waals surface area (Å²) < 4.78 is 5.34. The highest BCUT2D eigenvalue weighted by Gasteiger charge is 2.54. The van der Waals surface area contributed by atoms with E-state index in [0.29, 0.717) is 23.5 Å². The monoisotopic (exact) mass is 330 g/mol. The molecule has 4 heteroatoms. The lowest BCUT2D eigenvalue weighted by Crippen LogP contribution is -2.43. The van der Waals surface area contributed by atoms with Crippen LogP contribution in [0.15, 0.2) is 18.2 Å². The van der Waals surface area contributed by atoms with Crippen molar-refractivity contribution in [2.24, 2.45) is 17.3 Å². The minimum Gasteiger partial charge on any atom is -0.482 e. The summed E-state index contributed by atoms with van der Waals surface area (Å²) in [6.07, 6.45) is 6.45. The summed E-state index contributed by atoms with van der Waals surface area (Å²) in [7, 11) is 0. The SMILES string of the molecule is C[C@]12CC[C@@H]3c4ccc(OCC(=O)O)cc4CC[C@H]3[C@@H]1CC[C@H]2O. The van der Waals surface area contributed by atoms with Crippen LogP contribution in [0, 0.1) is 17.3 Å². The maximum absolute atomic E-state index is 10.7.